The van der Waals surface area contributed by atoms with E-state index in [9.17, 15) is 14.7 Å². The summed E-state index contributed by atoms with van der Waals surface area (Å²) in [6, 6.07) is 7.47. The number of aliphatic carboxylic acids is 1. The number of hydrogen-bond acceptors (Lipinski definition) is 4. The minimum Gasteiger partial charge on any atom is -0.481 e. The van der Waals surface area contributed by atoms with Crippen molar-refractivity contribution in [3.63, 3.8) is 0 Å². The second kappa shape index (κ2) is 9.81. The van der Waals surface area contributed by atoms with Gasteiger partial charge in [-0.2, -0.15) is 11.8 Å². The normalized spacial score (nSPS) is 25.4. The second-order valence-electron chi connectivity index (χ2n) is 7.49. The number of aliphatic hydroxyl groups excluding tert-OH is 1. The van der Waals surface area contributed by atoms with Gasteiger partial charge >= 0.3 is 5.97 Å². The third-order valence-electron chi connectivity index (χ3n) is 5.31. The van der Waals surface area contributed by atoms with E-state index in [1.165, 1.54) is 0 Å². The van der Waals surface area contributed by atoms with Crippen molar-refractivity contribution < 1.29 is 19.8 Å². The van der Waals surface area contributed by atoms with E-state index in [0.29, 0.717) is 24.4 Å². The average Bonchev–Trinajstić information content (AvgIpc) is 3.34. The molecule has 0 aromatic heterocycles. The molecule has 28 heavy (non-hydrogen) atoms. The molecule has 0 bridgehead atoms. The first-order chi connectivity index (χ1) is 13.4. The quantitative estimate of drug-likeness (QED) is 0.446. The van der Waals surface area contributed by atoms with Crippen molar-refractivity contribution in [2.24, 2.45) is 11.8 Å². The zero-order valence-corrected chi connectivity index (χ0v) is 17.2. The molecule has 5 nitrogen and oxygen atoms in total. The van der Waals surface area contributed by atoms with Gasteiger partial charge in [0.1, 0.15) is 0 Å². The summed E-state index contributed by atoms with van der Waals surface area (Å²) >= 11 is 7.70. The lowest BCUT2D eigenvalue weighted by atomic mass is 10.1. The topological polar surface area (TPSA) is 77.8 Å². The number of carbonyl (C=O) groups excluding carboxylic acids is 1. The number of carbonyl (C=O) groups is 2. The van der Waals surface area contributed by atoms with Gasteiger partial charge in [0.2, 0.25) is 5.91 Å². The largest absolute Gasteiger partial charge is 0.481 e. The molecule has 2 N–H and O–H groups in total. The maximum atomic E-state index is 12.2. The highest BCUT2D eigenvalue weighted by Crippen LogP contribution is 2.40. The predicted octanol–water partition coefficient (Wildman–Crippen LogP) is 3.24. The van der Waals surface area contributed by atoms with Gasteiger partial charge < -0.3 is 15.1 Å². The maximum Gasteiger partial charge on any atom is 0.306 e. The van der Waals surface area contributed by atoms with Crippen molar-refractivity contribution in [1.82, 2.24) is 4.90 Å². The number of rotatable bonds is 10. The zero-order valence-electron chi connectivity index (χ0n) is 15.7. The highest BCUT2D eigenvalue weighted by molar-refractivity contribution is 7.99. The van der Waals surface area contributed by atoms with E-state index in [1.807, 2.05) is 29.2 Å². The SMILES string of the molecule is O=C(O)C1CC1CSCCN1C(=O)CC[C@@H]1/C=C/[C@@H](O)Cc1cccc(Cl)c1. The molecule has 1 heterocycles. The molecule has 1 saturated carbocycles. The molecule has 152 valence electrons. The van der Waals surface area contributed by atoms with E-state index in [1.54, 1.807) is 23.9 Å². The average molecular weight is 424 g/mol. The first kappa shape index (κ1) is 21.2. The Hall–Kier alpha value is -1.50. The smallest absolute Gasteiger partial charge is 0.306 e. The van der Waals surface area contributed by atoms with E-state index in [-0.39, 0.29) is 23.8 Å². The Balaban J connectivity index is 1.42. The van der Waals surface area contributed by atoms with Crippen LogP contribution in [0.25, 0.3) is 0 Å². The Bertz CT molecular complexity index is 741. The molecule has 1 aliphatic carbocycles. The van der Waals surface area contributed by atoms with Gasteiger partial charge in [0.25, 0.3) is 0 Å². The van der Waals surface area contributed by atoms with Gasteiger partial charge in [-0.1, -0.05) is 35.9 Å². The fourth-order valence-electron chi connectivity index (χ4n) is 3.61. The minimum absolute atomic E-state index is 0.0230. The Morgan fingerprint density at radius 1 is 1.43 bits per heavy atom. The molecule has 3 rings (SSSR count). The molecule has 2 aliphatic rings. The molecule has 0 spiro atoms. The number of carboxylic acids is 1. The number of aliphatic hydroxyl groups is 1. The molecule has 2 unspecified atom stereocenters. The number of hydrogen-bond donors (Lipinski definition) is 2. The maximum absolute atomic E-state index is 12.2. The summed E-state index contributed by atoms with van der Waals surface area (Å²) in [5.41, 5.74) is 0.972. The molecular formula is C21H26ClNO4S. The van der Waals surface area contributed by atoms with Gasteiger partial charge in [-0.05, 0) is 42.2 Å². The zero-order chi connectivity index (χ0) is 20.1. The van der Waals surface area contributed by atoms with Crippen LogP contribution in [-0.4, -0.2) is 57.2 Å². The number of amides is 1. The monoisotopic (exact) mass is 423 g/mol. The van der Waals surface area contributed by atoms with E-state index >= 15 is 0 Å². The van der Waals surface area contributed by atoms with Crippen LogP contribution in [0, 0.1) is 11.8 Å². The lowest BCUT2D eigenvalue weighted by Gasteiger charge is -2.22. The highest BCUT2D eigenvalue weighted by Gasteiger charge is 2.42. The van der Waals surface area contributed by atoms with Crippen LogP contribution >= 0.6 is 23.4 Å². The Morgan fingerprint density at radius 3 is 2.96 bits per heavy atom. The second-order valence-corrected chi connectivity index (χ2v) is 9.08. The van der Waals surface area contributed by atoms with Crippen molar-refractivity contribution in [3.05, 3.63) is 47.0 Å². The van der Waals surface area contributed by atoms with E-state index < -0.39 is 12.1 Å². The fraction of sp³-hybridized carbons (Fsp3) is 0.524. The van der Waals surface area contributed by atoms with Gasteiger partial charge in [-0.15, -0.1) is 0 Å². The lowest BCUT2D eigenvalue weighted by Crippen LogP contribution is -2.34. The van der Waals surface area contributed by atoms with Crippen LogP contribution in [0.2, 0.25) is 5.02 Å². The van der Waals surface area contributed by atoms with Gasteiger partial charge in [0, 0.05) is 30.2 Å². The molecule has 1 aromatic rings. The molecule has 7 heteroatoms. The summed E-state index contributed by atoms with van der Waals surface area (Å²) in [6.45, 7) is 0.660. The number of likely N-dealkylation sites (tertiary alicyclic amines) is 1. The van der Waals surface area contributed by atoms with Crippen molar-refractivity contribution in [3.8, 4) is 0 Å². The fourth-order valence-corrected chi connectivity index (χ4v) is 4.98. The number of benzene rings is 1. The molecular weight excluding hydrogens is 398 g/mol. The number of carboxylic acid groups (broad SMARTS) is 1. The molecule has 2 fully saturated rings. The van der Waals surface area contributed by atoms with Crippen LogP contribution in [-0.2, 0) is 16.0 Å². The molecule has 1 amide bonds. The van der Waals surface area contributed by atoms with Crippen LogP contribution < -0.4 is 0 Å². The van der Waals surface area contributed by atoms with Crippen LogP contribution in [0.4, 0.5) is 0 Å². The predicted molar refractivity (Wildman–Crippen MR) is 112 cm³/mol. The van der Waals surface area contributed by atoms with Gasteiger partial charge in [0.15, 0.2) is 0 Å². The standard InChI is InChI=1S/C21H26ClNO4S/c22-16-3-1-2-14(10-16)11-18(24)6-4-17-5-7-20(25)23(17)8-9-28-13-15-12-19(15)21(26)27/h1-4,6,10,15,17-19,24H,5,7-9,11-13H2,(H,26,27)/b6-4+/t15?,17-,18+,19?/m0/s1. The Labute approximate surface area is 174 Å². The Morgan fingerprint density at radius 2 is 2.25 bits per heavy atom. The summed E-state index contributed by atoms with van der Waals surface area (Å²) in [5.74, 6) is 1.23. The van der Waals surface area contributed by atoms with Crippen molar-refractivity contribution in [2.75, 3.05) is 18.1 Å². The highest BCUT2D eigenvalue weighted by atomic mass is 35.5. The summed E-state index contributed by atoms with van der Waals surface area (Å²) < 4.78 is 0. The van der Waals surface area contributed by atoms with Crippen LogP contribution in [0.15, 0.2) is 36.4 Å². The van der Waals surface area contributed by atoms with Crippen molar-refractivity contribution >= 4 is 35.2 Å². The minimum atomic E-state index is -0.693. The van der Waals surface area contributed by atoms with E-state index in [0.717, 1.165) is 29.9 Å². The van der Waals surface area contributed by atoms with Crippen LogP contribution in [0.5, 0.6) is 0 Å². The number of nitrogens with zero attached hydrogens (tertiary/aromatic N) is 1. The summed E-state index contributed by atoms with van der Waals surface area (Å²) in [6.07, 6.45) is 5.66. The third-order valence-corrected chi connectivity index (χ3v) is 6.68. The lowest BCUT2D eigenvalue weighted by molar-refractivity contribution is -0.138. The first-order valence-corrected chi connectivity index (χ1v) is 11.2. The van der Waals surface area contributed by atoms with E-state index in [4.69, 9.17) is 16.7 Å². The van der Waals surface area contributed by atoms with Gasteiger partial charge in [-0.25, -0.2) is 0 Å². The molecule has 4 atom stereocenters. The molecule has 1 aliphatic heterocycles. The molecule has 0 radical (unpaired) electrons. The van der Waals surface area contributed by atoms with E-state index in [2.05, 4.69) is 0 Å². The van der Waals surface area contributed by atoms with Crippen LogP contribution in [0.1, 0.15) is 24.8 Å². The molecule has 1 aromatic carbocycles. The van der Waals surface area contributed by atoms with Crippen LogP contribution in [0.3, 0.4) is 0 Å². The third kappa shape index (κ3) is 6.00. The summed E-state index contributed by atoms with van der Waals surface area (Å²) in [7, 11) is 0. The number of thioether (sulfide) groups is 1. The van der Waals surface area contributed by atoms with Crippen molar-refractivity contribution in [1.29, 1.82) is 0 Å². The first-order valence-electron chi connectivity index (χ1n) is 9.65. The van der Waals surface area contributed by atoms with Crippen molar-refractivity contribution in [2.45, 2.75) is 37.8 Å². The number of halogens is 1. The summed E-state index contributed by atoms with van der Waals surface area (Å²) in [5, 5.41) is 19.9. The van der Waals surface area contributed by atoms with Gasteiger partial charge in [0.05, 0.1) is 18.1 Å². The molecule has 1 saturated heterocycles. The van der Waals surface area contributed by atoms with Gasteiger partial charge in [-0.3, -0.25) is 9.59 Å². The summed E-state index contributed by atoms with van der Waals surface area (Å²) in [4.78, 5) is 24.9. The Kier molecular flexibility index (Phi) is 7.43.